The van der Waals surface area contributed by atoms with E-state index in [4.69, 9.17) is 0 Å². The normalized spacial score (nSPS) is 15.3. The van der Waals surface area contributed by atoms with Crippen molar-refractivity contribution in [3.8, 4) is 0 Å². The minimum atomic E-state index is -4.01. The van der Waals surface area contributed by atoms with Crippen molar-refractivity contribution in [1.29, 1.82) is 0 Å². The minimum Gasteiger partial charge on any atom is -0.171 e. The van der Waals surface area contributed by atoms with E-state index in [1.165, 1.54) is 6.92 Å². The zero-order chi connectivity index (χ0) is 8.20. The van der Waals surface area contributed by atoms with Crippen LogP contribution in [0, 0.1) is 5.92 Å². The van der Waals surface area contributed by atoms with E-state index in [1.807, 2.05) is 0 Å². The molecule has 62 valence electrons. The first-order valence-corrected chi connectivity index (χ1v) is 4.23. The van der Waals surface area contributed by atoms with Crippen molar-refractivity contribution in [2.45, 2.75) is 25.9 Å². The first-order valence-electron chi connectivity index (χ1n) is 3.11. The average Bonchev–Trinajstić information content (AvgIpc) is 1.80. The van der Waals surface area contributed by atoms with Gasteiger partial charge in [-0.15, -0.1) is 0 Å². The quantitative estimate of drug-likeness (QED) is 0.638. The number of hydrogen-bond donors (Lipinski definition) is 0. The SMILES string of the molecule is CC(CCCBr)C(F)(F)F. The van der Waals surface area contributed by atoms with Gasteiger partial charge in [0.15, 0.2) is 0 Å². The number of alkyl halides is 4. The fourth-order valence-corrected chi connectivity index (χ4v) is 0.871. The van der Waals surface area contributed by atoms with E-state index in [2.05, 4.69) is 15.9 Å². The summed E-state index contributed by atoms with van der Waals surface area (Å²) >= 11 is 3.08. The molecule has 0 saturated carbocycles. The Morgan fingerprint density at radius 2 is 1.90 bits per heavy atom. The van der Waals surface area contributed by atoms with Crippen molar-refractivity contribution in [2.24, 2.45) is 5.92 Å². The highest BCUT2D eigenvalue weighted by Gasteiger charge is 2.34. The predicted molar refractivity (Wildman–Crippen MR) is 38.2 cm³/mol. The monoisotopic (exact) mass is 218 g/mol. The largest absolute Gasteiger partial charge is 0.391 e. The smallest absolute Gasteiger partial charge is 0.171 e. The van der Waals surface area contributed by atoms with Gasteiger partial charge >= 0.3 is 6.18 Å². The Labute approximate surface area is 66.9 Å². The van der Waals surface area contributed by atoms with Crippen LogP contribution in [-0.4, -0.2) is 11.5 Å². The van der Waals surface area contributed by atoms with Crippen LogP contribution in [0.4, 0.5) is 13.2 Å². The van der Waals surface area contributed by atoms with Gasteiger partial charge in [0, 0.05) is 5.33 Å². The van der Waals surface area contributed by atoms with Gasteiger partial charge in [-0.3, -0.25) is 0 Å². The Balaban J connectivity index is 3.52. The van der Waals surface area contributed by atoms with E-state index in [0.717, 1.165) is 0 Å². The molecule has 0 rings (SSSR count). The van der Waals surface area contributed by atoms with Gasteiger partial charge in [0.05, 0.1) is 5.92 Å². The molecule has 0 N–H and O–H groups in total. The van der Waals surface area contributed by atoms with Crippen LogP contribution in [-0.2, 0) is 0 Å². The van der Waals surface area contributed by atoms with E-state index in [0.29, 0.717) is 11.8 Å². The molecule has 0 aromatic heterocycles. The summed E-state index contributed by atoms with van der Waals surface area (Å²) < 4.78 is 35.3. The van der Waals surface area contributed by atoms with Crippen LogP contribution in [0.15, 0.2) is 0 Å². The predicted octanol–water partition coefficient (Wildman–Crippen LogP) is 3.36. The van der Waals surface area contributed by atoms with E-state index in [-0.39, 0.29) is 6.42 Å². The third-order valence-electron chi connectivity index (χ3n) is 1.33. The summed E-state index contributed by atoms with van der Waals surface area (Å²) in [5, 5.41) is 0.646. The van der Waals surface area contributed by atoms with Crippen LogP contribution < -0.4 is 0 Å². The van der Waals surface area contributed by atoms with E-state index in [1.54, 1.807) is 0 Å². The molecule has 0 nitrogen and oxygen atoms in total. The van der Waals surface area contributed by atoms with Gasteiger partial charge in [0.2, 0.25) is 0 Å². The van der Waals surface area contributed by atoms with Crippen LogP contribution in [0.2, 0.25) is 0 Å². The van der Waals surface area contributed by atoms with E-state index < -0.39 is 12.1 Å². The first-order chi connectivity index (χ1) is 4.48. The molecule has 0 aromatic rings. The molecular formula is C6H10BrF3. The second-order valence-electron chi connectivity index (χ2n) is 2.27. The molecule has 4 heteroatoms. The first kappa shape index (κ1) is 10.3. The summed E-state index contributed by atoms with van der Waals surface area (Å²) in [5.74, 6) is -1.16. The molecule has 0 amide bonds. The van der Waals surface area contributed by atoms with E-state index >= 15 is 0 Å². The van der Waals surface area contributed by atoms with Crippen molar-refractivity contribution in [3.05, 3.63) is 0 Å². The zero-order valence-corrected chi connectivity index (χ0v) is 7.30. The second kappa shape index (κ2) is 4.21. The molecule has 0 saturated heterocycles. The molecule has 0 aliphatic heterocycles. The summed E-state index contributed by atoms with van der Waals surface area (Å²) in [6.07, 6.45) is -3.21. The third-order valence-corrected chi connectivity index (χ3v) is 1.89. The molecule has 0 aliphatic rings. The molecule has 0 radical (unpaired) electrons. The minimum absolute atomic E-state index is 0.217. The standard InChI is InChI=1S/C6H10BrF3/c1-5(3-2-4-7)6(8,9)10/h5H,2-4H2,1H3. The Morgan fingerprint density at radius 1 is 1.40 bits per heavy atom. The molecule has 0 aromatic carbocycles. The highest BCUT2D eigenvalue weighted by atomic mass is 79.9. The van der Waals surface area contributed by atoms with Gasteiger partial charge in [-0.05, 0) is 12.8 Å². The highest BCUT2D eigenvalue weighted by Crippen LogP contribution is 2.29. The lowest BCUT2D eigenvalue weighted by Gasteiger charge is -2.13. The topological polar surface area (TPSA) is 0 Å². The van der Waals surface area contributed by atoms with Crippen molar-refractivity contribution in [3.63, 3.8) is 0 Å². The number of hydrogen-bond acceptors (Lipinski definition) is 0. The molecule has 0 aliphatic carbocycles. The maximum atomic E-state index is 11.8. The van der Waals surface area contributed by atoms with Gasteiger partial charge in [-0.1, -0.05) is 22.9 Å². The molecular weight excluding hydrogens is 209 g/mol. The molecule has 0 spiro atoms. The summed E-state index contributed by atoms with van der Waals surface area (Å²) in [7, 11) is 0. The average molecular weight is 219 g/mol. The lowest BCUT2D eigenvalue weighted by molar-refractivity contribution is -0.171. The summed E-state index contributed by atoms with van der Waals surface area (Å²) in [6, 6.07) is 0. The molecule has 10 heavy (non-hydrogen) atoms. The van der Waals surface area contributed by atoms with E-state index in [9.17, 15) is 13.2 Å². The van der Waals surface area contributed by atoms with Gasteiger partial charge in [0.25, 0.3) is 0 Å². The van der Waals surface area contributed by atoms with Crippen LogP contribution in [0.1, 0.15) is 19.8 Å². The van der Waals surface area contributed by atoms with Crippen LogP contribution >= 0.6 is 15.9 Å². The fourth-order valence-electron chi connectivity index (χ4n) is 0.547. The fraction of sp³-hybridized carbons (Fsp3) is 1.00. The molecule has 0 heterocycles. The Bertz CT molecular complexity index is 89.5. The van der Waals surface area contributed by atoms with Crippen LogP contribution in [0.3, 0.4) is 0 Å². The Hall–Kier alpha value is 0.270. The Morgan fingerprint density at radius 3 is 2.20 bits per heavy atom. The number of halogens is 4. The number of rotatable bonds is 3. The van der Waals surface area contributed by atoms with Gasteiger partial charge in [-0.2, -0.15) is 13.2 Å². The molecule has 1 unspecified atom stereocenters. The molecule has 1 atom stereocenters. The lowest BCUT2D eigenvalue weighted by atomic mass is 10.1. The summed E-state index contributed by atoms with van der Waals surface area (Å²) in [6.45, 7) is 1.21. The van der Waals surface area contributed by atoms with Gasteiger partial charge in [0.1, 0.15) is 0 Å². The maximum Gasteiger partial charge on any atom is 0.391 e. The molecule has 0 bridgehead atoms. The van der Waals surface area contributed by atoms with Crippen molar-refractivity contribution >= 4 is 15.9 Å². The van der Waals surface area contributed by atoms with Crippen molar-refractivity contribution < 1.29 is 13.2 Å². The third kappa shape index (κ3) is 4.14. The van der Waals surface area contributed by atoms with Crippen molar-refractivity contribution in [2.75, 3.05) is 5.33 Å². The molecule has 0 fully saturated rings. The van der Waals surface area contributed by atoms with Crippen molar-refractivity contribution in [1.82, 2.24) is 0 Å². The van der Waals surface area contributed by atoms with Crippen LogP contribution in [0.25, 0.3) is 0 Å². The second-order valence-corrected chi connectivity index (χ2v) is 3.07. The zero-order valence-electron chi connectivity index (χ0n) is 5.71. The summed E-state index contributed by atoms with van der Waals surface area (Å²) in [5.41, 5.74) is 0. The van der Waals surface area contributed by atoms with Crippen LogP contribution in [0.5, 0.6) is 0 Å². The summed E-state index contributed by atoms with van der Waals surface area (Å²) in [4.78, 5) is 0. The maximum absolute atomic E-state index is 11.8. The Kier molecular flexibility index (Phi) is 4.32. The highest BCUT2D eigenvalue weighted by molar-refractivity contribution is 9.09. The van der Waals surface area contributed by atoms with Gasteiger partial charge in [-0.25, -0.2) is 0 Å². The lowest BCUT2D eigenvalue weighted by Crippen LogP contribution is -2.19. The van der Waals surface area contributed by atoms with Gasteiger partial charge < -0.3 is 0 Å².